The molecule has 1 aromatic rings. The number of fused-ring (bicyclic) bond motifs is 5. The summed E-state index contributed by atoms with van der Waals surface area (Å²) in [5.74, 6) is 1.59. The molecule has 4 saturated carbocycles. The van der Waals surface area contributed by atoms with E-state index in [0.717, 1.165) is 44.1 Å². The summed E-state index contributed by atoms with van der Waals surface area (Å²) in [6.07, 6.45) is 8.87. The van der Waals surface area contributed by atoms with Gasteiger partial charge in [0, 0.05) is 12.8 Å². The Balaban J connectivity index is 1.20. The van der Waals surface area contributed by atoms with Crippen LogP contribution in [0.3, 0.4) is 0 Å². The van der Waals surface area contributed by atoms with Crippen LogP contribution in [-0.4, -0.2) is 50.6 Å². The van der Waals surface area contributed by atoms with Crippen molar-refractivity contribution in [1.29, 1.82) is 0 Å². The minimum Gasteiger partial charge on any atom is -0.508 e. The van der Waals surface area contributed by atoms with E-state index in [4.69, 9.17) is 0 Å². The van der Waals surface area contributed by atoms with Crippen LogP contribution < -0.4 is 5.32 Å². The van der Waals surface area contributed by atoms with Crippen LogP contribution in [0.2, 0.25) is 0 Å². The van der Waals surface area contributed by atoms with E-state index >= 15 is 0 Å². The fraction of sp³-hybridized carbons (Fsp3) is 0.758. The van der Waals surface area contributed by atoms with Crippen molar-refractivity contribution in [3.05, 3.63) is 29.8 Å². The number of hydrogen-bond donors (Lipinski definition) is 5. The molecule has 222 valence electrons. The number of carboxylic acids is 1. The van der Waals surface area contributed by atoms with Crippen LogP contribution >= 0.6 is 0 Å². The Bertz CT molecular complexity index is 1080. The van der Waals surface area contributed by atoms with Gasteiger partial charge < -0.3 is 25.7 Å². The number of hydrogen-bond acceptors (Lipinski definition) is 5. The molecule has 7 nitrogen and oxygen atoms in total. The maximum Gasteiger partial charge on any atom is 0.326 e. The van der Waals surface area contributed by atoms with Crippen molar-refractivity contribution < 1.29 is 30.0 Å². The summed E-state index contributed by atoms with van der Waals surface area (Å²) in [5, 5.41) is 43.9. The molecule has 0 saturated heterocycles. The molecule has 8 unspecified atom stereocenters. The van der Waals surface area contributed by atoms with Crippen LogP contribution in [0.5, 0.6) is 5.75 Å². The van der Waals surface area contributed by atoms with Crippen molar-refractivity contribution in [3.8, 4) is 5.75 Å². The largest absolute Gasteiger partial charge is 0.508 e. The molecule has 5 N–H and O–H groups in total. The molecule has 0 aliphatic heterocycles. The number of carboxylic acid groups (broad SMARTS) is 1. The van der Waals surface area contributed by atoms with Crippen molar-refractivity contribution in [3.63, 3.8) is 0 Å². The standard InChI is InChI=1S/C33H49NO6/c1-19(4-13-30(38)34-28(31(39)40)16-20-5-8-22(35)9-6-20)25-11-12-26-24-10-7-21-17-23(36)14-15-32(21,2)27(24)18-29(37)33(25,26)3/h5-6,8-9,19,21,23-29,35-37H,4,7,10-18H2,1-3H3,(H,34,38)(H,39,40)/t19?,21?,23-,24?,25?,26?,27?,28+,29+,32?,33?/m1/s1. The average molecular weight is 556 g/mol. The predicted octanol–water partition coefficient (Wildman–Crippen LogP) is 4.91. The van der Waals surface area contributed by atoms with E-state index in [1.165, 1.54) is 25.0 Å². The van der Waals surface area contributed by atoms with Gasteiger partial charge >= 0.3 is 5.97 Å². The lowest BCUT2D eigenvalue weighted by atomic mass is 9.43. The Hall–Kier alpha value is -2.12. The maximum absolute atomic E-state index is 12.8. The molecule has 0 spiro atoms. The fourth-order valence-corrected chi connectivity index (χ4v) is 10.1. The first-order valence-electron chi connectivity index (χ1n) is 15.6. The highest BCUT2D eigenvalue weighted by Gasteiger charge is 2.63. The normalized spacial score (nSPS) is 40.3. The first-order chi connectivity index (χ1) is 18.9. The van der Waals surface area contributed by atoms with Crippen molar-refractivity contribution >= 4 is 11.9 Å². The number of aliphatic carboxylic acids is 1. The number of benzene rings is 1. The molecule has 0 heterocycles. The molecule has 4 aliphatic rings. The SMILES string of the molecule is CC(CCC(=O)N[C@@H](Cc1ccc(O)cc1)C(=O)O)C1CCC2C3CCC4C[C@H](O)CCC4(C)C3C[C@H](O)C12C. The molecule has 4 aliphatic carbocycles. The lowest BCUT2D eigenvalue weighted by Crippen LogP contribution is -2.58. The van der Waals surface area contributed by atoms with Crippen LogP contribution in [-0.2, 0) is 16.0 Å². The van der Waals surface area contributed by atoms with E-state index in [2.05, 4.69) is 26.1 Å². The average Bonchev–Trinajstić information content (AvgIpc) is 3.28. The van der Waals surface area contributed by atoms with E-state index in [1.54, 1.807) is 12.1 Å². The second-order valence-corrected chi connectivity index (χ2v) is 14.2. The number of nitrogens with one attached hydrogen (secondary N) is 1. The Kier molecular flexibility index (Phi) is 8.28. The topological polar surface area (TPSA) is 127 Å². The molecule has 1 amide bonds. The maximum atomic E-state index is 12.8. The zero-order valence-electron chi connectivity index (χ0n) is 24.4. The number of carbonyl (C=O) groups is 2. The van der Waals surface area contributed by atoms with Crippen LogP contribution in [0, 0.1) is 46.3 Å². The van der Waals surface area contributed by atoms with Gasteiger partial charge in [0.15, 0.2) is 0 Å². The van der Waals surface area contributed by atoms with Gasteiger partial charge in [-0.15, -0.1) is 0 Å². The number of aromatic hydroxyl groups is 1. The molecule has 5 rings (SSSR count). The van der Waals surface area contributed by atoms with Gasteiger partial charge in [-0.2, -0.15) is 0 Å². The highest BCUT2D eigenvalue weighted by Crippen LogP contribution is 2.68. The second-order valence-electron chi connectivity index (χ2n) is 14.2. The van der Waals surface area contributed by atoms with Gasteiger partial charge in [0.2, 0.25) is 5.91 Å². The zero-order valence-corrected chi connectivity index (χ0v) is 24.4. The summed E-state index contributed by atoms with van der Waals surface area (Å²) in [6.45, 7) is 6.95. The third kappa shape index (κ3) is 5.29. The monoisotopic (exact) mass is 555 g/mol. The van der Waals surface area contributed by atoms with Gasteiger partial charge in [0.05, 0.1) is 12.2 Å². The minimum absolute atomic E-state index is 0.116. The lowest BCUT2D eigenvalue weighted by molar-refractivity contribution is -0.175. The van der Waals surface area contributed by atoms with Crippen LogP contribution in [0.4, 0.5) is 0 Å². The number of aliphatic hydroxyl groups is 2. The fourth-order valence-electron chi connectivity index (χ4n) is 10.1. The van der Waals surface area contributed by atoms with Gasteiger partial charge in [-0.05, 0) is 122 Å². The quantitative estimate of drug-likeness (QED) is 0.310. The molecule has 40 heavy (non-hydrogen) atoms. The molecular weight excluding hydrogens is 506 g/mol. The van der Waals surface area contributed by atoms with Gasteiger partial charge in [0.1, 0.15) is 11.8 Å². The molecular formula is C33H49NO6. The highest BCUT2D eigenvalue weighted by molar-refractivity contribution is 5.83. The Morgan fingerprint density at radius 1 is 1.00 bits per heavy atom. The smallest absolute Gasteiger partial charge is 0.326 e. The van der Waals surface area contributed by atoms with Crippen molar-refractivity contribution in [1.82, 2.24) is 5.32 Å². The molecule has 1 aromatic carbocycles. The third-order valence-electron chi connectivity index (χ3n) is 12.3. The number of phenols is 1. The second kappa shape index (κ2) is 11.3. The van der Waals surface area contributed by atoms with Crippen LogP contribution in [0.25, 0.3) is 0 Å². The summed E-state index contributed by atoms with van der Waals surface area (Å²) in [7, 11) is 0. The number of phenolic OH excluding ortho intramolecular Hbond substituents is 1. The van der Waals surface area contributed by atoms with E-state index in [-0.39, 0.29) is 53.5 Å². The lowest BCUT2D eigenvalue weighted by Gasteiger charge is -2.62. The van der Waals surface area contributed by atoms with E-state index in [9.17, 15) is 30.0 Å². The highest BCUT2D eigenvalue weighted by atomic mass is 16.4. The van der Waals surface area contributed by atoms with E-state index in [0.29, 0.717) is 36.0 Å². The van der Waals surface area contributed by atoms with Gasteiger partial charge in [0.25, 0.3) is 0 Å². The Morgan fingerprint density at radius 2 is 1.73 bits per heavy atom. The van der Waals surface area contributed by atoms with Gasteiger partial charge in [-0.25, -0.2) is 4.79 Å². The molecule has 0 aromatic heterocycles. The third-order valence-corrected chi connectivity index (χ3v) is 12.3. The molecule has 0 radical (unpaired) electrons. The minimum atomic E-state index is -1.07. The van der Waals surface area contributed by atoms with Crippen molar-refractivity contribution in [2.24, 2.45) is 46.3 Å². The van der Waals surface area contributed by atoms with Crippen molar-refractivity contribution in [2.45, 2.75) is 110 Å². The summed E-state index contributed by atoms with van der Waals surface area (Å²) >= 11 is 0. The molecule has 7 heteroatoms. The summed E-state index contributed by atoms with van der Waals surface area (Å²) in [4.78, 5) is 24.7. The first-order valence-corrected chi connectivity index (χ1v) is 15.6. The number of rotatable bonds is 8. The van der Waals surface area contributed by atoms with Crippen molar-refractivity contribution in [2.75, 3.05) is 0 Å². The molecule has 0 bridgehead atoms. The number of amides is 1. The Morgan fingerprint density at radius 3 is 2.42 bits per heavy atom. The van der Waals surface area contributed by atoms with E-state index < -0.39 is 12.0 Å². The summed E-state index contributed by atoms with van der Waals surface area (Å²) in [6, 6.07) is 5.35. The zero-order chi connectivity index (χ0) is 28.8. The van der Waals surface area contributed by atoms with Crippen LogP contribution in [0.15, 0.2) is 24.3 Å². The number of carbonyl (C=O) groups excluding carboxylic acids is 1. The first kappa shape index (κ1) is 29.4. The van der Waals surface area contributed by atoms with E-state index in [1.807, 2.05) is 0 Å². The van der Waals surface area contributed by atoms with Crippen LogP contribution in [0.1, 0.15) is 90.5 Å². The van der Waals surface area contributed by atoms with Gasteiger partial charge in [-0.1, -0.05) is 32.9 Å². The predicted molar refractivity (Wildman–Crippen MR) is 152 cm³/mol. The molecule has 4 fully saturated rings. The Labute approximate surface area is 238 Å². The van der Waals surface area contributed by atoms with Gasteiger partial charge in [-0.3, -0.25) is 4.79 Å². The number of aliphatic hydroxyl groups excluding tert-OH is 2. The summed E-state index contributed by atoms with van der Waals surface area (Å²) < 4.78 is 0. The molecule has 11 atom stereocenters. The summed E-state index contributed by atoms with van der Waals surface area (Å²) in [5.41, 5.74) is 0.796.